The van der Waals surface area contributed by atoms with E-state index in [0.29, 0.717) is 35.1 Å². The number of nitrogens with zero attached hydrogens (tertiary/aromatic N) is 1. The summed E-state index contributed by atoms with van der Waals surface area (Å²) in [6, 6.07) is 13.5. The van der Waals surface area contributed by atoms with E-state index < -0.39 is 5.63 Å². The van der Waals surface area contributed by atoms with Gasteiger partial charge in [-0.3, -0.25) is 0 Å². The smallest absolute Gasteiger partial charge is 0.347 e. The van der Waals surface area contributed by atoms with Gasteiger partial charge < -0.3 is 19.4 Å². The highest BCUT2D eigenvalue weighted by Gasteiger charge is 2.25. The topological polar surface area (TPSA) is 83.6 Å². The van der Waals surface area contributed by atoms with Crippen LogP contribution in [0.4, 0.5) is 0 Å². The fraction of sp³-hybridized carbons (Fsp3) is 0.304. The Bertz CT molecular complexity index is 1220. The maximum atomic E-state index is 12.8. The van der Waals surface area contributed by atoms with E-state index in [1.54, 1.807) is 18.2 Å². The van der Waals surface area contributed by atoms with Crippen molar-refractivity contribution < 1.29 is 14.4 Å². The first-order valence-corrected chi connectivity index (χ1v) is 10.2. The molecule has 0 bridgehead atoms. The lowest BCUT2D eigenvalue weighted by Gasteiger charge is -2.30. The fourth-order valence-corrected chi connectivity index (χ4v) is 4.39. The Kier molecular flexibility index (Phi) is 4.36. The summed E-state index contributed by atoms with van der Waals surface area (Å²) in [6.45, 7) is 3.96. The Labute approximate surface area is 167 Å². The van der Waals surface area contributed by atoms with Gasteiger partial charge in [0.1, 0.15) is 23.7 Å². The Balaban J connectivity index is 1.60. The summed E-state index contributed by atoms with van der Waals surface area (Å²) in [5.41, 5.74) is 2.79. The number of benzene rings is 2. The lowest BCUT2D eigenvalue weighted by Crippen LogP contribution is -3.14. The number of para-hydroxylation sites is 2. The van der Waals surface area contributed by atoms with Crippen molar-refractivity contribution in [2.75, 3.05) is 6.54 Å². The molecule has 0 radical (unpaired) electrons. The Morgan fingerprint density at radius 3 is 2.93 bits per heavy atom. The summed E-state index contributed by atoms with van der Waals surface area (Å²) in [6.07, 6.45) is 3.62. The van der Waals surface area contributed by atoms with E-state index in [2.05, 4.69) is 16.9 Å². The molecule has 3 heterocycles. The van der Waals surface area contributed by atoms with E-state index in [9.17, 15) is 9.90 Å². The zero-order valence-electron chi connectivity index (χ0n) is 16.4. The van der Waals surface area contributed by atoms with Crippen molar-refractivity contribution in [3.63, 3.8) is 0 Å². The zero-order chi connectivity index (χ0) is 20.0. The zero-order valence-corrected chi connectivity index (χ0v) is 16.4. The number of nitrogens with one attached hydrogen (secondary N) is 2. The molecule has 6 nitrogen and oxygen atoms in total. The second-order valence-corrected chi connectivity index (χ2v) is 8.01. The highest BCUT2D eigenvalue weighted by Crippen LogP contribution is 2.28. The number of fused-ring (bicyclic) bond motifs is 2. The van der Waals surface area contributed by atoms with Crippen molar-refractivity contribution in [1.29, 1.82) is 0 Å². The highest BCUT2D eigenvalue weighted by molar-refractivity contribution is 5.86. The van der Waals surface area contributed by atoms with Crippen molar-refractivity contribution in [2.24, 2.45) is 0 Å². The lowest BCUT2D eigenvalue weighted by atomic mass is 10.0. The average Bonchev–Trinajstić information content (AvgIpc) is 3.15. The van der Waals surface area contributed by atoms with Gasteiger partial charge in [-0.2, -0.15) is 0 Å². The third-order valence-corrected chi connectivity index (χ3v) is 6.11. The first kappa shape index (κ1) is 17.9. The third-order valence-electron chi connectivity index (χ3n) is 6.11. The highest BCUT2D eigenvalue weighted by atomic mass is 16.4. The van der Waals surface area contributed by atoms with Gasteiger partial charge in [-0.1, -0.05) is 12.1 Å². The predicted molar refractivity (Wildman–Crippen MR) is 112 cm³/mol. The van der Waals surface area contributed by atoms with E-state index in [1.165, 1.54) is 24.2 Å². The fourth-order valence-electron chi connectivity index (χ4n) is 4.39. The number of rotatable bonds is 3. The van der Waals surface area contributed by atoms with Crippen LogP contribution in [0.25, 0.3) is 33.4 Å². The van der Waals surface area contributed by atoms with Crippen LogP contribution in [0.1, 0.15) is 31.7 Å². The maximum absolute atomic E-state index is 12.8. The molecule has 0 amide bonds. The summed E-state index contributed by atoms with van der Waals surface area (Å²) in [4.78, 5) is 22.0. The summed E-state index contributed by atoms with van der Waals surface area (Å²) >= 11 is 0. The molecule has 4 aromatic rings. The molecular weight excluding hydrogens is 366 g/mol. The molecule has 1 aliphatic heterocycles. The molecule has 1 aliphatic rings. The molecule has 2 aromatic heterocycles. The van der Waals surface area contributed by atoms with Gasteiger partial charge in [-0.15, -0.1) is 0 Å². The van der Waals surface area contributed by atoms with E-state index in [4.69, 9.17) is 4.42 Å². The van der Waals surface area contributed by atoms with Crippen LogP contribution in [-0.2, 0) is 6.54 Å². The minimum absolute atomic E-state index is 0.183. The molecule has 2 aromatic carbocycles. The molecule has 0 saturated carbocycles. The second kappa shape index (κ2) is 7.04. The van der Waals surface area contributed by atoms with E-state index in [1.807, 2.05) is 24.3 Å². The first-order valence-electron chi connectivity index (χ1n) is 10.2. The van der Waals surface area contributed by atoms with Crippen LogP contribution in [0.5, 0.6) is 5.75 Å². The normalized spacial score (nSPS) is 19.8. The number of H-pyrrole nitrogens is 1. The van der Waals surface area contributed by atoms with Crippen LogP contribution in [0.2, 0.25) is 0 Å². The molecule has 2 unspecified atom stereocenters. The van der Waals surface area contributed by atoms with Crippen LogP contribution in [0, 0.1) is 0 Å². The molecule has 0 aliphatic carbocycles. The van der Waals surface area contributed by atoms with Gasteiger partial charge in [-0.05, 0) is 56.5 Å². The van der Waals surface area contributed by atoms with Gasteiger partial charge in [-0.25, -0.2) is 9.78 Å². The largest absolute Gasteiger partial charge is 0.507 e. The van der Waals surface area contributed by atoms with Crippen molar-refractivity contribution in [3.05, 3.63) is 58.4 Å². The minimum atomic E-state index is -0.454. The molecule has 1 fully saturated rings. The van der Waals surface area contributed by atoms with Crippen LogP contribution < -0.4 is 10.5 Å². The number of hydrogen-bond donors (Lipinski definition) is 3. The molecule has 2 atom stereocenters. The van der Waals surface area contributed by atoms with Gasteiger partial charge in [0.15, 0.2) is 5.58 Å². The van der Waals surface area contributed by atoms with Gasteiger partial charge >= 0.3 is 5.63 Å². The minimum Gasteiger partial charge on any atom is -0.507 e. The van der Waals surface area contributed by atoms with Crippen molar-refractivity contribution >= 4 is 22.0 Å². The number of likely N-dealkylation sites (tertiary alicyclic amines) is 1. The summed E-state index contributed by atoms with van der Waals surface area (Å²) in [5.74, 6) is 0.675. The van der Waals surface area contributed by atoms with Crippen LogP contribution >= 0.6 is 0 Å². The van der Waals surface area contributed by atoms with Crippen LogP contribution in [0.3, 0.4) is 0 Å². The SMILES string of the molecule is CC1CCCC[NH+]1Cc1c(O)ccc2cc(-c3nc4ccccc4[nH]3)c(=O)oc12. The number of imidazole rings is 1. The maximum Gasteiger partial charge on any atom is 0.347 e. The average molecular weight is 390 g/mol. The molecular formula is C23H24N3O3+. The van der Waals surface area contributed by atoms with Gasteiger partial charge in [0, 0.05) is 5.39 Å². The van der Waals surface area contributed by atoms with Crippen molar-refractivity contribution in [1.82, 2.24) is 9.97 Å². The molecule has 148 valence electrons. The summed E-state index contributed by atoms with van der Waals surface area (Å²) in [7, 11) is 0. The standard InChI is InChI=1S/C23H23N3O3/c1-14-6-4-5-11-26(14)13-17-20(27)10-9-15-12-16(23(28)29-21(15)17)22-24-18-7-2-3-8-19(18)25-22/h2-3,7-10,12,14,27H,4-6,11,13H2,1H3,(H,24,25)/p+1. The van der Waals surface area contributed by atoms with E-state index in [-0.39, 0.29) is 5.75 Å². The number of aromatic amines is 1. The van der Waals surface area contributed by atoms with E-state index >= 15 is 0 Å². The van der Waals surface area contributed by atoms with Gasteiger partial charge in [0.2, 0.25) is 0 Å². The molecule has 6 heteroatoms. The predicted octanol–water partition coefficient (Wildman–Crippen LogP) is 3.00. The number of piperidine rings is 1. The number of phenols is 1. The molecule has 5 rings (SSSR count). The third kappa shape index (κ3) is 3.19. The Hall–Kier alpha value is -3.12. The molecule has 0 spiro atoms. The van der Waals surface area contributed by atoms with Gasteiger partial charge in [0.25, 0.3) is 0 Å². The Morgan fingerprint density at radius 2 is 2.10 bits per heavy atom. The number of phenolic OH excluding ortho intramolecular Hbond substituents is 1. The van der Waals surface area contributed by atoms with Crippen LogP contribution in [0.15, 0.2) is 51.7 Å². The number of hydrogen-bond acceptors (Lipinski definition) is 4. The van der Waals surface area contributed by atoms with Crippen molar-refractivity contribution in [3.8, 4) is 17.1 Å². The summed E-state index contributed by atoms with van der Waals surface area (Å²) < 4.78 is 5.74. The lowest BCUT2D eigenvalue weighted by molar-refractivity contribution is -0.941. The van der Waals surface area contributed by atoms with Crippen LogP contribution in [-0.4, -0.2) is 27.7 Å². The number of aromatic nitrogens is 2. The Morgan fingerprint density at radius 1 is 1.24 bits per heavy atom. The molecule has 29 heavy (non-hydrogen) atoms. The van der Waals surface area contributed by atoms with E-state index in [0.717, 1.165) is 23.0 Å². The number of aromatic hydroxyl groups is 1. The van der Waals surface area contributed by atoms with Crippen molar-refractivity contribution in [2.45, 2.75) is 38.8 Å². The second-order valence-electron chi connectivity index (χ2n) is 8.01. The quantitative estimate of drug-likeness (QED) is 0.470. The number of quaternary nitrogens is 1. The molecule has 1 saturated heterocycles. The molecule has 3 N–H and O–H groups in total. The monoisotopic (exact) mass is 390 g/mol. The summed E-state index contributed by atoms with van der Waals surface area (Å²) in [5, 5.41) is 11.3. The van der Waals surface area contributed by atoms with Gasteiger partial charge in [0.05, 0.1) is 29.2 Å². The first-order chi connectivity index (χ1) is 14.1.